The van der Waals surface area contributed by atoms with Crippen LogP contribution in [0.5, 0.6) is 0 Å². The van der Waals surface area contributed by atoms with Crippen molar-refractivity contribution in [2.45, 2.75) is 52.8 Å². The van der Waals surface area contributed by atoms with E-state index < -0.39 is 41.7 Å². The Bertz CT molecular complexity index is 593. The Kier molecular flexibility index (Phi) is 6.35. The normalized spacial score (nSPS) is 13.7. The van der Waals surface area contributed by atoms with Crippen molar-refractivity contribution in [1.82, 2.24) is 0 Å². The van der Waals surface area contributed by atoms with Crippen LogP contribution in [0.2, 0.25) is 0 Å². The largest absolute Gasteiger partial charge is 0.511 e. The van der Waals surface area contributed by atoms with Gasteiger partial charge in [0.15, 0.2) is 6.26 Å². The summed E-state index contributed by atoms with van der Waals surface area (Å²) in [4.78, 5) is 34.9. The SMILES string of the molecule is C=C(C(=O)OC(C)OC(C)OC(=O)OC(C)(C)C)C(=O)c1coo1. The number of ketones is 1. The Hall–Kier alpha value is -2.55. The molecular formula is C15H20O9. The molecule has 9 heteroatoms. The van der Waals surface area contributed by atoms with Gasteiger partial charge in [0.1, 0.15) is 11.2 Å². The molecular weight excluding hydrogens is 324 g/mol. The predicted octanol–water partition coefficient (Wildman–Crippen LogP) is 2.82. The Balaban J connectivity index is 2.41. The summed E-state index contributed by atoms with van der Waals surface area (Å²) in [5.74, 6) is -1.93. The average Bonchev–Trinajstić information content (AvgIpc) is 2.32. The zero-order chi connectivity index (χ0) is 18.5. The van der Waals surface area contributed by atoms with Crippen LogP contribution in [-0.2, 0) is 23.7 Å². The summed E-state index contributed by atoms with van der Waals surface area (Å²) in [6.45, 7) is 11.2. The molecule has 0 aliphatic heterocycles. The maximum absolute atomic E-state index is 11.8. The number of esters is 1. The number of hydrogen-bond donors (Lipinski definition) is 0. The Morgan fingerprint density at radius 1 is 1.12 bits per heavy atom. The fourth-order valence-electron chi connectivity index (χ4n) is 1.39. The van der Waals surface area contributed by atoms with Crippen LogP contribution in [0.15, 0.2) is 27.6 Å². The molecule has 0 saturated heterocycles. The molecule has 0 N–H and O–H groups in total. The third-order valence-electron chi connectivity index (χ3n) is 2.35. The first-order valence-corrected chi connectivity index (χ1v) is 7.03. The maximum Gasteiger partial charge on any atom is 0.511 e. The van der Waals surface area contributed by atoms with E-state index in [2.05, 4.69) is 15.7 Å². The van der Waals surface area contributed by atoms with E-state index in [0.717, 1.165) is 6.26 Å². The molecule has 0 aromatic carbocycles. The molecule has 1 heterocycles. The van der Waals surface area contributed by atoms with Crippen molar-refractivity contribution >= 4 is 17.9 Å². The molecule has 0 aliphatic rings. The number of rotatable bonds is 7. The van der Waals surface area contributed by atoms with Gasteiger partial charge in [-0.3, -0.25) is 13.9 Å². The molecule has 0 aliphatic carbocycles. The molecule has 1 rings (SSSR count). The minimum Gasteiger partial charge on any atom is -0.432 e. The molecule has 0 radical (unpaired) electrons. The van der Waals surface area contributed by atoms with Crippen molar-refractivity contribution in [3.05, 3.63) is 24.2 Å². The van der Waals surface area contributed by atoms with Gasteiger partial charge in [-0.1, -0.05) is 6.58 Å². The summed E-state index contributed by atoms with van der Waals surface area (Å²) in [6.07, 6.45) is -2.05. The van der Waals surface area contributed by atoms with Crippen molar-refractivity contribution in [1.29, 1.82) is 0 Å². The van der Waals surface area contributed by atoms with Crippen LogP contribution in [0, 0.1) is 0 Å². The van der Waals surface area contributed by atoms with Gasteiger partial charge in [-0.25, -0.2) is 9.59 Å². The maximum atomic E-state index is 11.8. The molecule has 0 bridgehead atoms. The highest BCUT2D eigenvalue weighted by molar-refractivity contribution is 6.22. The molecule has 0 fully saturated rings. The standard InChI is InChI=1S/C15H20O9/c1-8(12(16)11-7-19-24-11)13(17)21-9(2)20-10(3)22-14(18)23-15(4,5)6/h7,9-10H,1H2,2-6H3. The highest BCUT2D eigenvalue weighted by Gasteiger charge is 2.26. The first kappa shape index (κ1) is 19.5. The molecule has 0 amide bonds. The fourth-order valence-corrected chi connectivity index (χ4v) is 1.39. The number of carbonyl (C=O) groups is 3. The first-order valence-electron chi connectivity index (χ1n) is 7.03. The van der Waals surface area contributed by atoms with Gasteiger partial charge in [0, 0.05) is 0 Å². The number of carbonyl (C=O) groups excluding carboxylic acids is 3. The van der Waals surface area contributed by atoms with Crippen LogP contribution in [0.4, 0.5) is 4.79 Å². The highest BCUT2D eigenvalue weighted by Crippen LogP contribution is 2.13. The van der Waals surface area contributed by atoms with Gasteiger partial charge < -0.3 is 18.9 Å². The van der Waals surface area contributed by atoms with E-state index in [9.17, 15) is 14.4 Å². The van der Waals surface area contributed by atoms with Crippen LogP contribution >= 0.6 is 0 Å². The van der Waals surface area contributed by atoms with Crippen molar-refractivity contribution in [2.24, 2.45) is 0 Å². The monoisotopic (exact) mass is 344 g/mol. The lowest BCUT2D eigenvalue weighted by Crippen LogP contribution is -2.31. The summed E-state index contributed by atoms with van der Waals surface area (Å²) < 4.78 is 28.4. The first-order chi connectivity index (χ1) is 11.0. The molecule has 0 saturated carbocycles. The van der Waals surface area contributed by atoms with Crippen molar-refractivity contribution in [3.8, 4) is 0 Å². The van der Waals surface area contributed by atoms with E-state index in [1.54, 1.807) is 20.8 Å². The van der Waals surface area contributed by atoms with Crippen molar-refractivity contribution in [3.63, 3.8) is 0 Å². The van der Waals surface area contributed by atoms with Crippen LogP contribution in [0.25, 0.3) is 0 Å². The quantitative estimate of drug-likeness (QED) is 0.140. The summed E-state index contributed by atoms with van der Waals surface area (Å²) in [5, 5.41) is 0. The van der Waals surface area contributed by atoms with Crippen molar-refractivity contribution < 1.29 is 42.5 Å². The topological polar surface area (TPSA) is 114 Å². The second kappa shape index (κ2) is 7.82. The minimum absolute atomic E-state index is 0.160. The number of Topliss-reactive ketones (excluding diaryl/α,β-unsaturated/α-hetero) is 1. The third-order valence-corrected chi connectivity index (χ3v) is 2.35. The van der Waals surface area contributed by atoms with E-state index in [-0.39, 0.29) is 5.76 Å². The number of ether oxygens (including phenoxy) is 4. The second-order valence-corrected chi connectivity index (χ2v) is 5.73. The lowest BCUT2D eigenvalue weighted by Gasteiger charge is -2.22. The van der Waals surface area contributed by atoms with Crippen molar-refractivity contribution in [2.75, 3.05) is 0 Å². The van der Waals surface area contributed by atoms with Gasteiger partial charge in [-0.15, -0.1) is 0 Å². The van der Waals surface area contributed by atoms with Gasteiger partial charge in [0.25, 0.3) is 5.76 Å². The molecule has 24 heavy (non-hydrogen) atoms. The molecule has 9 nitrogen and oxygen atoms in total. The molecule has 2 atom stereocenters. The van der Waals surface area contributed by atoms with Crippen LogP contribution in [-0.4, -0.2) is 36.1 Å². The van der Waals surface area contributed by atoms with Gasteiger partial charge in [0.05, 0.1) is 0 Å². The van der Waals surface area contributed by atoms with Crippen LogP contribution in [0.3, 0.4) is 0 Å². The lowest BCUT2D eigenvalue weighted by molar-refractivity contribution is -0.217. The fraction of sp³-hybridized carbons (Fsp3) is 0.533. The van der Waals surface area contributed by atoms with Crippen LogP contribution < -0.4 is 0 Å². The average molecular weight is 344 g/mol. The Morgan fingerprint density at radius 2 is 1.67 bits per heavy atom. The van der Waals surface area contributed by atoms with E-state index >= 15 is 0 Å². The molecule has 1 aromatic rings. The van der Waals surface area contributed by atoms with Gasteiger partial charge >= 0.3 is 12.1 Å². The van der Waals surface area contributed by atoms with E-state index in [0.29, 0.717) is 0 Å². The highest BCUT2D eigenvalue weighted by atomic mass is 17.0. The Labute approximate surface area is 138 Å². The Morgan fingerprint density at radius 3 is 2.12 bits per heavy atom. The summed E-state index contributed by atoms with van der Waals surface area (Å²) in [7, 11) is 0. The summed E-state index contributed by atoms with van der Waals surface area (Å²) >= 11 is 0. The molecule has 0 spiro atoms. The molecule has 134 valence electrons. The molecule has 1 aromatic heterocycles. The predicted molar refractivity (Wildman–Crippen MR) is 77.9 cm³/mol. The summed E-state index contributed by atoms with van der Waals surface area (Å²) in [6, 6.07) is 0. The zero-order valence-corrected chi connectivity index (χ0v) is 14.1. The minimum atomic E-state index is -1.10. The zero-order valence-electron chi connectivity index (χ0n) is 14.1. The van der Waals surface area contributed by atoms with Gasteiger partial charge in [-0.05, 0) is 34.6 Å². The van der Waals surface area contributed by atoms with Gasteiger partial charge in [0.2, 0.25) is 18.4 Å². The van der Waals surface area contributed by atoms with Gasteiger partial charge in [-0.2, -0.15) is 0 Å². The smallest absolute Gasteiger partial charge is 0.432 e. The van der Waals surface area contributed by atoms with E-state index in [1.807, 2.05) is 0 Å². The molecule has 2 unspecified atom stereocenters. The van der Waals surface area contributed by atoms with E-state index in [4.69, 9.17) is 18.9 Å². The van der Waals surface area contributed by atoms with Crippen LogP contribution in [0.1, 0.15) is 45.2 Å². The lowest BCUT2D eigenvalue weighted by atomic mass is 10.1. The summed E-state index contributed by atoms with van der Waals surface area (Å²) in [5.41, 5.74) is -1.17. The van der Waals surface area contributed by atoms with E-state index in [1.165, 1.54) is 13.8 Å². The number of hydrogen-bond acceptors (Lipinski definition) is 9. The second-order valence-electron chi connectivity index (χ2n) is 5.73. The third kappa shape index (κ3) is 6.29.